The number of amides is 1. The highest BCUT2D eigenvalue weighted by Gasteiger charge is 2.51. The Labute approximate surface area is 218 Å². The Bertz CT molecular complexity index is 1440. The third-order valence-corrected chi connectivity index (χ3v) is 8.46. The van der Waals surface area contributed by atoms with Gasteiger partial charge in [0.15, 0.2) is 11.5 Å². The Morgan fingerprint density at radius 2 is 1.68 bits per heavy atom. The lowest BCUT2D eigenvalue weighted by Gasteiger charge is -2.25. The molecular weight excluding hydrogens is 496 g/mol. The lowest BCUT2D eigenvalue weighted by atomic mass is 9.94. The molecule has 0 radical (unpaired) electrons. The third-order valence-electron chi connectivity index (χ3n) is 6.81. The SMILES string of the molecule is CC(CO)(CO)NS(=O)(=O)c1ccc(-c2cccc(NC(=O)C3(c4ccc5c(c4)OCO5)CC3)c2)cc1.[HH].[HH]. The first-order chi connectivity index (χ1) is 17.7. The van der Waals surface area contributed by atoms with E-state index in [1.807, 2.05) is 42.5 Å². The van der Waals surface area contributed by atoms with E-state index >= 15 is 0 Å². The average molecular weight is 529 g/mol. The Morgan fingerprint density at radius 3 is 2.35 bits per heavy atom. The molecule has 0 aromatic heterocycles. The maximum atomic E-state index is 13.3. The number of fused-ring (bicyclic) bond motifs is 1. The van der Waals surface area contributed by atoms with E-state index in [2.05, 4.69) is 10.0 Å². The number of anilines is 1. The third kappa shape index (κ3) is 4.93. The number of carbonyl (C=O) groups is 1. The van der Waals surface area contributed by atoms with E-state index in [9.17, 15) is 23.4 Å². The van der Waals surface area contributed by atoms with Gasteiger partial charge in [-0.25, -0.2) is 13.1 Å². The zero-order chi connectivity index (χ0) is 26.3. The number of rotatable bonds is 9. The van der Waals surface area contributed by atoms with Crippen molar-refractivity contribution in [3.8, 4) is 22.6 Å². The van der Waals surface area contributed by atoms with Crippen LogP contribution in [-0.4, -0.2) is 50.1 Å². The van der Waals surface area contributed by atoms with E-state index in [4.69, 9.17) is 9.47 Å². The lowest BCUT2D eigenvalue weighted by Crippen LogP contribution is -2.51. The largest absolute Gasteiger partial charge is 0.454 e. The summed E-state index contributed by atoms with van der Waals surface area (Å²) in [5.41, 5.74) is 1.13. The number of sulfonamides is 1. The summed E-state index contributed by atoms with van der Waals surface area (Å²) in [6.45, 7) is 0.500. The Hall–Kier alpha value is -3.44. The summed E-state index contributed by atoms with van der Waals surface area (Å²) >= 11 is 0. The van der Waals surface area contributed by atoms with Gasteiger partial charge in [0.25, 0.3) is 0 Å². The van der Waals surface area contributed by atoms with E-state index < -0.39 is 34.2 Å². The van der Waals surface area contributed by atoms with Crippen molar-refractivity contribution in [2.75, 3.05) is 25.3 Å². The predicted molar refractivity (Wildman–Crippen MR) is 141 cm³/mol. The van der Waals surface area contributed by atoms with Crippen molar-refractivity contribution in [1.82, 2.24) is 4.72 Å². The van der Waals surface area contributed by atoms with Gasteiger partial charge in [-0.2, -0.15) is 0 Å². The van der Waals surface area contributed by atoms with Gasteiger partial charge in [-0.15, -0.1) is 0 Å². The molecule has 1 aliphatic carbocycles. The molecule has 1 fully saturated rings. The highest BCUT2D eigenvalue weighted by atomic mass is 32.2. The van der Waals surface area contributed by atoms with Crippen LogP contribution in [0.4, 0.5) is 5.69 Å². The molecule has 37 heavy (non-hydrogen) atoms. The molecule has 3 aromatic rings. The van der Waals surface area contributed by atoms with Gasteiger partial charge in [0.1, 0.15) is 0 Å². The van der Waals surface area contributed by atoms with Gasteiger partial charge in [-0.3, -0.25) is 4.79 Å². The van der Waals surface area contributed by atoms with Crippen molar-refractivity contribution in [2.24, 2.45) is 0 Å². The number of hydrogen-bond donors (Lipinski definition) is 4. The molecule has 4 N–H and O–H groups in total. The van der Waals surface area contributed by atoms with Gasteiger partial charge in [0.05, 0.1) is 29.1 Å². The summed E-state index contributed by atoms with van der Waals surface area (Å²) in [5, 5.41) is 21.8. The molecule has 0 saturated heterocycles. The summed E-state index contributed by atoms with van der Waals surface area (Å²) < 4.78 is 38.5. The van der Waals surface area contributed by atoms with Gasteiger partial charge < -0.3 is 25.0 Å². The molecule has 0 atom stereocenters. The second-order valence-electron chi connectivity index (χ2n) is 9.69. The smallest absolute Gasteiger partial charge is 0.241 e. The van der Waals surface area contributed by atoms with Gasteiger partial charge in [-0.1, -0.05) is 30.3 Å². The minimum atomic E-state index is -3.95. The molecule has 5 rings (SSSR count). The van der Waals surface area contributed by atoms with Crippen LogP contribution in [0.15, 0.2) is 71.6 Å². The van der Waals surface area contributed by atoms with Gasteiger partial charge in [-0.05, 0) is 72.9 Å². The number of benzene rings is 3. The summed E-state index contributed by atoms with van der Waals surface area (Å²) in [6.07, 6.45) is 1.49. The molecule has 9 nitrogen and oxygen atoms in total. The normalized spacial score (nSPS) is 15.9. The summed E-state index contributed by atoms with van der Waals surface area (Å²) in [6, 6.07) is 19.2. The molecule has 1 amide bonds. The maximum absolute atomic E-state index is 13.3. The molecule has 1 heterocycles. The highest BCUT2D eigenvalue weighted by molar-refractivity contribution is 7.89. The predicted octanol–water partition coefficient (Wildman–Crippen LogP) is 3.27. The van der Waals surface area contributed by atoms with Crippen molar-refractivity contribution >= 4 is 21.6 Å². The molecule has 2 aliphatic rings. The lowest BCUT2D eigenvalue weighted by molar-refractivity contribution is -0.118. The molecule has 3 aromatic carbocycles. The first-order valence-corrected chi connectivity index (χ1v) is 13.3. The van der Waals surface area contributed by atoms with Crippen LogP contribution in [0.1, 0.15) is 28.2 Å². The summed E-state index contributed by atoms with van der Waals surface area (Å²) in [4.78, 5) is 13.3. The molecule has 10 heteroatoms. The van der Waals surface area contributed by atoms with Crippen LogP contribution >= 0.6 is 0 Å². The van der Waals surface area contributed by atoms with E-state index in [1.165, 1.54) is 19.1 Å². The first kappa shape index (κ1) is 25.2. The standard InChI is InChI=1S/C27H28N2O7S.2H2/c1-26(15-30,16-31)29-37(33,34)22-8-5-18(6-9-22)19-3-2-4-21(13-19)28-25(32)27(11-12-27)20-7-10-23-24(14-20)36-17-35-23;;/h2-10,13-14,29-31H,11-12,15-17H2,1H3,(H,28,32);2*1H. The van der Waals surface area contributed by atoms with Gasteiger partial charge >= 0.3 is 0 Å². The molecule has 0 unspecified atom stereocenters. The molecular formula is C27H32N2O7S. The molecule has 0 bridgehead atoms. The van der Waals surface area contributed by atoms with Crippen LogP contribution in [0.2, 0.25) is 0 Å². The van der Waals surface area contributed by atoms with Crippen LogP contribution in [0.3, 0.4) is 0 Å². The number of ether oxygens (including phenoxy) is 2. The van der Waals surface area contributed by atoms with Crippen LogP contribution in [0, 0.1) is 0 Å². The maximum Gasteiger partial charge on any atom is 0.241 e. The van der Waals surface area contributed by atoms with Crippen LogP contribution in [0.25, 0.3) is 11.1 Å². The Morgan fingerprint density at radius 1 is 0.973 bits per heavy atom. The number of aliphatic hydroxyl groups excluding tert-OH is 2. The van der Waals surface area contributed by atoms with E-state index in [0.29, 0.717) is 17.2 Å². The van der Waals surface area contributed by atoms with Crippen molar-refractivity contribution in [2.45, 2.75) is 35.6 Å². The number of carbonyl (C=O) groups excluding carboxylic acids is 1. The second kappa shape index (κ2) is 9.46. The summed E-state index contributed by atoms with van der Waals surface area (Å²) in [5.74, 6) is 1.24. The molecule has 198 valence electrons. The fraction of sp³-hybridized carbons (Fsp3) is 0.296. The monoisotopic (exact) mass is 528 g/mol. The molecule has 1 saturated carbocycles. The molecule has 1 aliphatic heterocycles. The minimum Gasteiger partial charge on any atom is -0.454 e. The van der Waals surface area contributed by atoms with Crippen LogP contribution < -0.4 is 19.5 Å². The van der Waals surface area contributed by atoms with Crippen LogP contribution in [0.5, 0.6) is 11.5 Å². The van der Waals surface area contributed by atoms with Crippen molar-refractivity contribution < 1.29 is 35.8 Å². The summed E-state index contributed by atoms with van der Waals surface area (Å²) in [7, 11) is -3.95. The van der Waals surface area contributed by atoms with Gasteiger partial charge in [0, 0.05) is 8.54 Å². The van der Waals surface area contributed by atoms with E-state index in [0.717, 1.165) is 29.5 Å². The van der Waals surface area contributed by atoms with Crippen molar-refractivity contribution in [3.63, 3.8) is 0 Å². The van der Waals surface area contributed by atoms with Gasteiger partial charge in [0.2, 0.25) is 22.7 Å². The van der Waals surface area contributed by atoms with Crippen LogP contribution in [-0.2, 0) is 20.2 Å². The second-order valence-corrected chi connectivity index (χ2v) is 11.4. The van der Waals surface area contributed by atoms with Crippen molar-refractivity contribution in [1.29, 1.82) is 0 Å². The fourth-order valence-corrected chi connectivity index (χ4v) is 5.71. The number of nitrogens with one attached hydrogen (secondary N) is 2. The zero-order valence-corrected chi connectivity index (χ0v) is 21.0. The number of aliphatic hydroxyl groups is 2. The quantitative estimate of drug-likeness (QED) is 0.335. The molecule has 0 spiro atoms. The first-order valence-electron chi connectivity index (χ1n) is 11.9. The van der Waals surface area contributed by atoms with Crippen molar-refractivity contribution in [3.05, 3.63) is 72.3 Å². The Balaban J connectivity index is 0.00000210. The number of hydrogen-bond acceptors (Lipinski definition) is 7. The highest BCUT2D eigenvalue weighted by Crippen LogP contribution is 2.51. The van der Waals surface area contributed by atoms with E-state index in [-0.39, 0.29) is 20.4 Å². The topological polar surface area (TPSA) is 134 Å². The Kier molecular flexibility index (Phi) is 6.45. The fourth-order valence-electron chi connectivity index (χ4n) is 4.32. The van der Waals surface area contributed by atoms with E-state index in [1.54, 1.807) is 12.1 Å². The average Bonchev–Trinajstić information content (AvgIpc) is 3.59. The zero-order valence-electron chi connectivity index (χ0n) is 20.2. The minimum absolute atomic E-state index is 0.